The molecule has 0 saturated carbocycles. The molecule has 2 amide bonds. The number of thiophene rings is 2. The third kappa shape index (κ3) is 3.94. The van der Waals surface area contributed by atoms with Gasteiger partial charge in [-0.2, -0.15) is 5.10 Å². The lowest BCUT2D eigenvalue weighted by atomic mass is 9.93. The molecule has 158 valence electrons. The summed E-state index contributed by atoms with van der Waals surface area (Å²) in [5, 5.41) is 10.4. The van der Waals surface area contributed by atoms with Crippen molar-refractivity contribution in [3.63, 3.8) is 0 Å². The summed E-state index contributed by atoms with van der Waals surface area (Å²) in [5.41, 5.74) is 8.88. The highest BCUT2D eigenvalue weighted by Crippen LogP contribution is 2.36. The Balaban J connectivity index is 1.41. The predicted molar refractivity (Wildman–Crippen MR) is 123 cm³/mol. The minimum Gasteiger partial charge on any atom is -0.368 e. The molecule has 6 nitrogen and oxygen atoms in total. The molecule has 2 atom stereocenters. The maximum absolute atomic E-state index is 13.4. The number of hydrogen-bond acceptors (Lipinski definition) is 6. The molecule has 31 heavy (non-hydrogen) atoms. The topological polar surface area (TPSA) is 79.0 Å². The normalized spacial score (nSPS) is 21.0. The molecule has 2 aliphatic rings. The first kappa shape index (κ1) is 20.1. The van der Waals surface area contributed by atoms with E-state index in [1.807, 2.05) is 64.2 Å². The number of carbonyl (C=O) groups excluding carboxylic acids is 2. The van der Waals surface area contributed by atoms with Crippen LogP contribution in [-0.4, -0.2) is 40.0 Å². The molecule has 0 radical (unpaired) electrons. The highest BCUT2D eigenvalue weighted by Gasteiger charge is 2.37. The van der Waals surface area contributed by atoms with E-state index in [1.54, 1.807) is 27.7 Å². The summed E-state index contributed by atoms with van der Waals surface area (Å²) in [6.07, 6.45) is 1.21. The van der Waals surface area contributed by atoms with E-state index in [4.69, 9.17) is 10.8 Å². The fourth-order valence-electron chi connectivity index (χ4n) is 4.30. The summed E-state index contributed by atoms with van der Waals surface area (Å²) in [6, 6.07) is 15.5. The molecule has 0 unspecified atom stereocenters. The van der Waals surface area contributed by atoms with Gasteiger partial charge in [0.25, 0.3) is 5.91 Å². The van der Waals surface area contributed by atoms with Crippen molar-refractivity contribution in [1.29, 1.82) is 0 Å². The molecular formula is C23H22N4O2S2. The molecule has 4 heterocycles. The van der Waals surface area contributed by atoms with Gasteiger partial charge in [0.2, 0.25) is 5.91 Å². The number of rotatable bonds is 5. The van der Waals surface area contributed by atoms with Crippen LogP contribution in [-0.2, 0) is 22.6 Å². The molecule has 3 aromatic rings. The van der Waals surface area contributed by atoms with Gasteiger partial charge in [-0.3, -0.25) is 14.5 Å². The number of fused-ring (bicyclic) bond motifs is 1. The number of nitrogens with two attached hydrogens (primary N) is 1. The molecule has 8 heteroatoms. The predicted octanol–water partition coefficient (Wildman–Crippen LogP) is 3.40. The summed E-state index contributed by atoms with van der Waals surface area (Å²) in [6.45, 7) is 0.625. The number of amides is 2. The van der Waals surface area contributed by atoms with Gasteiger partial charge in [-0.1, -0.05) is 36.4 Å². The van der Waals surface area contributed by atoms with Crippen LogP contribution in [0.5, 0.6) is 0 Å². The molecule has 5 rings (SSSR count). The largest absolute Gasteiger partial charge is 0.368 e. The molecule has 1 aromatic carbocycles. The lowest BCUT2D eigenvalue weighted by molar-refractivity contribution is -0.136. The van der Waals surface area contributed by atoms with E-state index in [-0.39, 0.29) is 18.5 Å². The van der Waals surface area contributed by atoms with Gasteiger partial charge in [0.05, 0.1) is 29.2 Å². The maximum Gasteiger partial charge on any atom is 0.257 e. The van der Waals surface area contributed by atoms with E-state index in [0.717, 1.165) is 26.6 Å². The summed E-state index contributed by atoms with van der Waals surface area (Å²) in [7, 11) is 0. The van der Waals surface area contributed by atoms with Gasteiger partial charge in [0.1, 0.15) is 0 Å². The molecule has 2 N–H and O–H groups in total. The molecule has 0 fully saturated rings. The zero-order chi connectivity index (χ0) is 21.4. The van der Waals surface area contributed by atoms with Crippen LogP contribution in [0.1, 0.15) is 33.3 Å². The molecule has 0 bridgehead atoms. The Morgan fingerprint density at radius 1 is 1.00 bits per heavy atom. The number of nitrogens with zero attached hydrogens (tertiary/aromatic N) is 3. The molecule has 0 aliphatic carbocycles. The van der Waals surface area contributed by atoms with Crippen LogP contribution in [0.2, 0.25) is 0 Å². The van der Waals surface area contributed by atoms with E-state index in [2.05, 4.69) is 0 Å². The first-order valence-corrected chi connectivity index (χ1v) is 11.9. The second-order valence-electron chi connectivity index (χ2n) is 7.79. The Labute approximate surface area is 188 Å². The molecule has 0 spiro atoms. The number of benzene rings is 1. The first-order chi connectivity index (χ1) is 15.1. The van der Waals surface area contributed by atoms with Gasteiger partial charge in [-0.15, -0.1) is 22.7 Å². The lowest BCUT2D eigenvalue weighted by Gasteiger charge is -2.35. The average Bonchev–Trinajstić information content (AvgIpc) is 3.54. The lowest BCUT2D eigenvalue weighted by Crippen LogP contribution is -2.51. The smallest absolute Gasteiger partial charge is 0.257 e. The Hall–Kier alpha value is -2.81. The van der Waals surface area contributed by atoms with Gasteiger partial charge in [-0.25, -0.2) is 5.01 Å². The van der Waals surface area contributed by atoms with Crippen LogP contribution in [0.25, 0.3) is 0 Å². The van der Waals surface area contributed by atoms with Gasteiger partial charge in [0.15, 0.2) is 0 Å². The van der Waals surface area contributed by atoms with Crippen molar-refractivity contribution in [2.45, 2.75) is 31.5 Å². The number of primary amides is 1. The minimum absolute atomic E-state index is 0.102. The Morgan fingerprint density at radius 2 is 1.77 bits per heavy atom. The SMILES string of the molecule is NC(=O)[C@@H]1Cc2ccccc2CN1CC(=O)N1N=C(c2cccs2)C[C@@H]1c1cccs1. The van der Waals surface area contributed by atoms with Crippen molar-refractivity contribution >= 4 is 40.2 Å². The van der Waals surface area contributed by atoms with Crippen molar-refractivity contribution in [2.24, 2.45) is 10.8 Å². The molecule has 2 aliphatic heterocycles. The van der Waals surface area contributed by atoms with E-state index in [1.165, 1.54) is 0 Å². The van der Waals surface area contributed by atoms with Crippen molar-refractivity contribution in [3.05, 3.63) is 80.2 Å². The van der Waals surface area contributed by atoms with E-state index >= 15 is 0 Å². The van der Waals surface area contributed by atoms with Gasteiger partial charge in [-0.05, 0) is 40.4 Å². The Bertz CT molecular complexity index is 1120. The summed E-state index contributed by atoms with van der Waals surface area (Å²) in [4.78, 5) is 29.7. The third-order valence-corrected chi connectivity index (χ3v) is 7.75. The van der Waals surface area contributed by atoms with Gasteiger partial charge >= 0.3 is 0 Å². The maximum atomic E-state index is 13.4. The number of hydrazone groups is 1. The first-order valence-electron chi connectivity index (χ1n) is 10.2. The van der Waals surface area contributed by atoms with E-state index in [0.29, 0.717) is 19.4 Å². The van der Waals surface area contributed by atoms with Crippen LogP contribution in [0.3, 0.4) is 0 Å². The monoisotopic (exact) mass is 450 g/mol. The van der Waals surface area contributed by atoms with Crippen LogP contribution >= 0.6 is 22.7 Å². The highest BCUT2D eigenvalue weighted by atomic mass is 32.1. The number of carbonyl (C=O) groups is 2. The van der Waals surface area contributed by atoms with Crippen molar-refractivity contribution < 1.29 is 9.59 Å². The van der Waals surface area contributed by atoms with Crippen LogP contribution in [0, 0.1) is 0 Å². The molecule has 0 saturated heterocycles. The van der Waals surface area contributed by atoms with Crippen molar-refractivity contribution in [3.8, 4) is 0 Å². The third-order valence-electron chi connectivity index (χ3n) is 5.86. The Kier molecular flexibility index (Phi) is 5.43. The van der Waals surface area contributed by atoms with E-state index in [9.17, 15) is 9.59 Å². The zero-order valence-corrected chi connectivity index (χ0v) is 18.4. The standard InChI is InChI=1S/C23H22N4O2S2/c24-23(29)19-11-15-5-1-2-6-16(15)13-26(19)14-22(28)27-18(21-8-4-10-31-21)12-17(25-27)20-7-3-9-30-20/h1-10,18-19H,11-14H2,(H2,24,29)/t18-,19+/m1/s1. The van der Waals surface area contributed by atoms with Crippen LogP contribution < -0.4 is 5.73 Å². The van der Waals surface area contributed by atoms with Crippen molar-refractivity contribution in [1.82, 2.24) is 9.91 Å². The van der Waals surface area contributed by atoms with E-state index < -0.39 is 11.9 Å². The summed E-state index contributed by atoms with van der Waals surface area (Å²) >= 11 is 3.26. The van der Waals surface area contributed by atoms with Crippen LogP contribution in [0.15, 0.2) is 64.4 Å². The second-order valence-corrected chi connectivity index (χ2v) is 9.72. The second kappa shape index (κ2) is 8.37. The summed E-state index contributed by atoms with van der Waals surface area (Å²) in [5.74, 6) is -0.517. The summed E-state index contributed by atoms with van der Waals surface area (Å²) < 4.78 is 0. The van der Waals surface area contributed by atoms with Crippen LogP contribution in [0.4, 0.5) is 0 Å². The fourth-order valence-corrected chi connectivity index (χ4v) is 5.84. The number of hydrogen-bond donors (Lipinski definition) is 1. The average molecular weight is 451 g/mol. The molecule has 2 aromatic heterocycles. The van der Waals surface area contributed by atoms with Crippen molar-refractivity contribution in [2.75, 3.05) is 6.54 Å². The molecular weight excluding hydrogens is 428 g/mol. The fraction of sp³-hybridized carbons (Fsp3) is 0.261. The highest BCUT2D eigenvalue weighted by molar-refractivity contribution is 7.12. The van der Waals surface area contributed by atoms with Gasteiger partial charge < -0.3 is 5.73 Å². The minimum atomic E-state index is -0.498. The zero-order valence-electron chi connectivity index (χ0n) is 16.8. The quantitative estimate of drug-likeness (QED) is 0.647. The van der Waals surface area contributed by atoms with Gasteiger partial charge in [0, 0.05) is 17.8 Å². The Morgan fingerprint density at radius 3 is 2.48 bits per heavy atom.